The number of pyridine rings is 1. The number of aliphatic hydroxyl groups is 1. The fourth-order valence-electron chi connectivity index (χ4n) is 2.37. The van der Waals surface area contributed by atoms with Crippen molar-refractivity contribution in [3.8, 4) is 0 Å². The first kappa shape index (κ1) is 16.2. The van der Waals surface area contributed by atoms with E-state index in [4.69, 9.17) is 0 Å². The zero-order chi connectivity index (χ0) is 13.9. The maximum absolute atomic E-state index is 10.1. The summed E-state index contributed by atoms with van der Waals surface area (Å²) in [6.07, 6.45) is 10.9. The molecule has 2 nitrogen and oxygen atoms in total. The van der Waals surface area contributed by atoms with Gasteiger partial charge < -0.3 is 5.11 Å². The molecule has 0 aromatic carbocycles. The van der Waals surface area contributed by atoms with Crippen molar-refractivity contribution in [3.05, 3.63) is 29.6 Å². The van der Waals surface area contributed by atoms with Gasteiger partial charge in [-0.1, -0.05) is 64.4 Å². The zero-order valence-corrected chi connectivity index (χ0v) is 12.6. The molecule has 1 heterocycles. The first-order valence-corrected chi connectivity index (χ1v) is 7.85. The molecule has 0 radical (unpaired) electrons. The van der Waals surface area contributed by atoms with Gasteiger partial charge in [0.2, 0.25) is 0 Å². The van der Waals surface area contributed by atoms with Crippen molar-refractivity contribution in [2.24, 2.45) is 0 Å². The summed E-state index contributed by atoms with van der Waals surface area (Å²) in [4.78, 5) is 4.37. The highest BCUT2D eigenvalue weighted by Crippen LogP contribution is 2.19. The molecule has 1 N–H and O–H groups in total. The van der Waals surface area contributed by atoms with Crippen molar-refractivity contribution < 1.29 is 5.11 Å². The first-order chi connectivity index (χ1) is 9.24. The molecule has 2 heteroatoms. The SMILES string of the molecule is CCCCCCCCCCC(O)c1cccc(C)n1. The van der Waals surface area contributed by atoms with E-state index in [1.54, 1.807) is 0 Å². The van der Waals surface area contributed by atoms with Gasteiger partial charge in [0.15, 0.2) is 0 Å². The van der Waals surface area contributed by atoms with Gasteiger partial charge in [-0.2, -0.15) is 0 Å². The van der Waals surface area contributed by atoms with Crippen molar-refractivity contribution >= 4 is 0 Å². The number of unbranched alkanes of at least 4 members (excludes halogenated alkanes) is 7. The molecule has 1 aromatic heterocycles. The van der Waals surface area contributed by atoms with Crippen molar-refractivity contribution in [1.82, 2.24) is 4.98 Å². The highest BCUT2D eigenvalue weighted by molar-refractivity contribution is 5.11. The van der Waals surface area contributed by atoms with Crippen molar-refractivity contribution in [2.75, 3.05) is 0 Å². The van der Waals surface area contributed by atoms with Gasteiger partial charge in [-0.3, -0.25) is 4.98 Å². The molecule has 1 aromatic rings. The third-order valence-electron chi connectivity index (χ3n) is 3.58. The average Bonchev–Trinajstić information content (AvgIpc) is 2.41. The lowest BCUT2D eigenvalue weighted by Gasteiger charge is -2.10. The van der Waals surface area contributed by atoms with Gasteiger partial charge in [-0.25, -0.2) is 0 Å². The van der Waals surface area contributed by atoms with Crippen LogP contribution in [0.15, 0.2) is 18.2 Å². The Balaban J connectivity index is 2.06. The number of aromatic nitrogens is 1. The number of hydrogen-bond acceptors (Lipinski definition) is 2. The zero-order valence-electron chi connectivity index (χ0n) is 12.6. The van der Waals surface area contributed by atoms with Crippen LogP contribution in [0.5, 0.6) is 0 Å². The van der Waals surface area contributed by atoms with Crippen LogP contribution in [0.1, 0.15) is 82.2 Å². The molecule has 19 heavy (non-hydrogen) atoms. The molecule has 1 rings (SSSR count). The molecule has 0 spiro atoms. The molecule has 1 atom stereocenters. The summed E-state index contributed by atoms with van der Waals surface area (Å²) in [6, 6.07) is 5.85. The standard InChI is InChI=1S/C17H29NO/c1-3-4-5-6-7-8-9-10-14-17(19)16-13-11-12-15(2)18-16/h11-13,17,19H,3-10,14H2,1-2H3. The number of hydrogen-bond donors (Lipinski definition) is 1. The van der Waals surface area contributed by atoms with Gasteiger partial charge in [0.1, 0.15) is 0 Å². The summed E-state index contributed by atoms with van der Waals surface area (Å²) in [5.74, 6) is 0. The van der Waals surface area contributed by atoms with Crippen LogP contribution < -0.4 is 0 Å². The first-order valence-electron chi connectivity index (χ1n) is 7.85. The number of aliphatic hydroxyl groups excluding tert-OH is 1. The van der Waals surface area contributed by atoms with Crippen LogP contribution in [0.3, 0.4) is 0 Å². The van der Waals surface area contributed by atoms with E-state index in [2.05, 4.69) is 11.9 Å². The minimum atomic E-state index is -0.389. The average molecular weight is 263 g/mol. The third kappa shape index (κ3) is 7.31. The molecule has 0 aliphatic carbocycles. The van der Waals surface area contributed by atoms with Gasteiger partial charge in [0, 0.05) is 5.69 Å². The Hall–Kier alpha value is -0.890. The molecule has 0 aliphatic rings. The summed E-state index contributed by atoms with van der Waals surface area (Å²) in [6.45, 7) is 4.22. The van der Waals surface area contributed by atoms with Crippen molar-refractivity contribution in [2.45, 2.75) is 77.7 Å². The highest BCUT2D eigenvalue weighted by atomic mass is 16.3. The second-order valence-corrected chi connectivity index (χ2v) is 5.48. The van der Waals surface area contributed by atoms with E-state index in [1.807, 2.05) is 25.1 Å². The van der Waals surface area contributed by atoms with Gasteiger partial charge in [-0.05, 0) is 25.5 Å². The number of aryl methyl sites for hydroxylation is 1. The molecule has 0 amide bonds. The van der Waals surface area contributed by atoms with Crippen LogP contribution in [-0.2, 0) is 0 Å². The molecular formula is C17H29NO. The maximum Gasteiger partial charge on any atom is 0.0959 e. The Morgan fingerprint density at radius 3 is 2.26 bits per heavy atom. The van der Waals surface area contributed by atoms with Gasteiger partial charge in [0.05, 0.1) is 11.8 Å². The topological polar surface area (TPSA) is 33.1 Å². The lowest BCUT2D eigenvalue weighted by atomic mass is 10.0. The van der Waals surface area contributed by atoms with E-state index in [0.717, 1.165) is 24.2 Å². The molecule has 0 saturated heterocycles. The smallest absolute Gasteiger partial charge is 0.0959 e. The third-order valence-corrected chi connectivity index (χ3v) is 3.58. The van der Waals surface area contributed by atoms with Crippen molar-refractivity contribution in [3.63, 3.8) is 0 Å². The normalized spacial score (nSPS) is 12.6. The van der Waals surface area contributed by atoms with E-state index >= 15 is 0 Å². The fourth-order valence-corrected chi connectivity index (χ4v) is 2.37. The molecule has 0 saturated carbocycles. The van der Waals surface area contributed by atoms with Crippen LogP contribution in [0.2, 0.25) is 0 Å². The number of nitrogens with zero attached hydrogens (tertiary/aromatic N) is 1. The van der Waals surface area contributed by atoms with E-state index in [0.29, 0.717) is 0 Å². The van der Waals surface area contributed by atoms with Crippen LogP contribution in [0.4, 0.5) is 0 Å². The highest BCUT2D eigenvalue weighted by Gasteiger charge is 2.08. The Labute approximate surface area is 118 Å². The second kappa shape index (κ2) is 9.96. The molecular weight excluding hydrogens is 234 g/mol. The fraction of sp³-hybridized carbons (Fsp3) is 0.706. The summed E-state index contributed by atoms with van der Waals surface area (Å²) < 4.78 is 0. The summed E-state index contributed by atoms with van der Waals surface area (Å²) in [5, 5.41) is 10.1. The predicted molar refractivity (Wildman–Crippen MR) is 81.2 cm³/mol. The van der Waals surface area contributed by atoms with Crippen LogP contribution in [-0.4, -0.2) is 10.1 Å². The maximum atomic E-state index is 10.1. The Morgan fingerprint density at radius 2 is 1.63 bits per heavy atom. The minimum Gasteiger partial charge on any atom is -0.387 e. The summed E-state index contributed by atoms with van der Waals surface area (Å²) in [5.41, 5.74) is 1.80. The molecule has 108 valence electrons. The van der Waals surface area contributed by atoms with E-state index < -0.39 is 0 Å². The van der Waals surface area contributed by atoms with Crippen LogP contribution in [0.25, 0.3) is 0 Å². The Bertz CT molecular complexity index is 338. The lowest BCUT2D eigenvalue weighted by molar-refractivity contribution is 0.158. The van der Waals surface area contributed by atoms with Crippen molar-refractivity contribution in [1.29, 1.82) is 0 Å². The van der Waals surface area contributed by atoms with E-state index in [1.165, 1.54) is 44.9 Å². The number of rotatable bonds is 10. The molecule has 0 fully saturated rings. The van der Waals surface area contributed by atoms with E-state index in [-0.39, 0.29) is 6.10 Å². The molecule has 1 unspecified atom stereocenters. The Kier molecular flexibility index (Phi) is 8.48. The largest absolute Gasteiger partial charge is 0.387 e. The second-order valence-electron chi connectivity index (χ2n) is 5.48. The van der Waals surface area contributed by atoms with E-state index in [9.17, 15) is 5.11 Å². The van der Waals surface area contributed by atoms with Gasteiger partial charge in [-0.15, -0.1) is 0 Å². The monoisotopic (exact) mass is 263 g/mol. The van der Waals surface area contributed by atoms with Crippen LogP contribution >= 0.6 is 0 Å². The lowest BCUT2D eigenvalue weighted by Crippen LogP contribution is -2.01. The van der Waals surface area contributed by atoms with Gasteiger partial charge >= 0.3 is 0 Å². The molecule has 0 aliphatic heterocycles. The Morgan fingerprint density at radius 1 is 1.00 bits per heavy atom. The molecule has 0 bridgehead atoms. The summed E-state index contributed by atoms with van der Waals surface area (Å²) in [7, 11) is 0. The summed E-state index contributed by atoms with van der Waals surface area (Å²) >= 11 is 0. The van der Waals surface area contributed by atoms with Crippen LogP contribution in [0, 0.1) is 6.92 Å². The predicted octanol–water partition coefficient (Wildman–Crippen LogP) is 4.95. The van der Waals surface area contributed by atoms with Gasteiger partial charge in [0.25, 0.3) is 0 Å². The minimum absolute atomic E-state index is 0.389. The quantitative estimate of drug-likeness (QED) is 0.606.